The van der Waals surface area contributed by atoms with Gasteiger partial charge in [-0.2, -0.15) is 0 Å². The smallest absolute Gasteiger partial charge is 0.276 e. The fourth-order valence-electron chi connectivity index (χ4n) is 2.76. The number of rotatable bonds is 4. The number of aryl methyl sites for hydroxylation is 1. The van der Waals surface area contributed by atoms with Crippen molar-refractivity contribution < 1.29 is 4.79 Å². The molecule has 1 aromatic heterocycles. The molecule has 0 unspecified atom stereocenters. The maximum absolute atomic E-state index is 12.2. The summed E-state index contributed by atoms with van der Waals surface area (Å²) in [5, 5.41) is 11.1. The molecule has 5 heteroatoms. The van der Waals surface area contributed by atoms with Crippen LogP contribution in [-0.2, 0) is 6.42 Å². The minimum Gasteiger partial charge on any atom is -0.355 e. The summed E-state index contributed by atoms with van der Waals surface area (Å²) in [6, 6.07) is 11.5. The second kappa shape index (κ2) is 7.22. The lowest BCUT2D eigenvalue weighted by Gasteiger charge is -2.27. The van der Waals surface area contributed by atoms with Gasteiger partial charge in [0.15, 0.2) is 11.5 Å². The van der Waals surface area contributed by atoms with Crippen molar-refractivity contribution in [3.8, 4) is 0 Å². The first-order valence-corrected chi connectivity index (χ1v) is 8.25. The molecule has 2 heterocycles. The van der Waals surface area contributed by atoms with E-state index in [0.717, 1.165) is 31.0 Å². The van der Waals surface area contributed by atoms with Crippen LogP contribution in [-0.4, -0.2) is 29.2 Å². The van der Waals surface area contributed by atoms with Crippen LogP contribution in [0, 0.1) is 0 Å². The lowest BCUT2D eigenvalue weighted by Crippen LogP contribution is -2.30. The summed E-state index contributed by atoms with van der Waals surface area (Å²) >= 11 is 0. The SMILES string of the molecule is CCc1ccc(NC(=O)c2ccc(N3CCCCC3)nn2)cc1. The second-order valence-electron chi connectivity index (χ2n) is 5.83. The number of hydrogen-bond donors (Lipinski definition) is 1. The van der Waals surface area contributed by atoms with Crippen LogP contribution in [0.3, 0.4) is 0 Å². The Morgan fingerprint density at radius 3 is 2.39 bits per heavy atom. The van der Waals surface area contributed by atoms with E-state index in [1.165, 1.54) is 24.8 Å². The minimum atomic E-state index is -0.230. The number of aromatic nitrogens is 2. The third-order valence-electron chi connectivity index (χ3n) is 4.18. The lowest BCUT2D eigenvalue weighted by molar-refractivity contribution is 0.102. The molecule has 1 saturated heterocycles. The van der Waals surface area contributed by atoms with E-state index in [9.17, 15) is 4.79 Å². The average molecular weight is 310 g/mol. The zero-order valence-electron chi connectivity index (χ0n) is 13.5. The highest BCUT2D eigenvalue weighted by Crippen LogP contribution is 2.17. The van der Waals surface area contributed by atoms with Crippen LogP contribution in [0.4, 0.5) is 11.5 Å². The number of carbonyl (C=O) groups excluding carboxylic acids is 1. The summed E-state index contributed by atoms with van der Waals surface area (Å²) in [4.78, 5) is 14.5. The molecule has 1 fully saturated rings. The van der Waals surface area contributed by atoms with E-state index < -0.39 is 0 Å². The predicted octanol–water partition coefficient (Wildman–Crippen LogP) is 3.28. The minimum absolute atomic E-state index is 0.230. The topological polar surface area (TPSA) is 58.1 Å². The van der Waals surface area contributed by atoms with Gasteiger partial charge in [0.05, 0.1) is 0 Å². The lowest BCUT2D eigenvalue weighted by atomic mass is 10.1. The Balaban J connectivity index is 1.64. The molecule has 1 aliphatic rings. The van der Waals surface area contributed by atoms with Crippen LogP contribution in [0.15, 0.2) is 36.4 Å². The molecular weight excluding hydrogens is 288 g/mol. The normalized spacial score (nSPS) is 14.6. The number of nitrogens with one attached hydrogen (secondary N) is 1. The second-order valence-corrected chi connectivity index (χ2v) is 5.83. The molecule has 2 aromatic rings. The molecule has 1 aromatic carbocycles. The van der Waals surface area contributed by atoms with Gasteiger partial charge in [-0.05, 0) is 55.5 Å². The van der Waals surface area contributed by atoms with Gasteiger partial charge >= 0.3 is 0 Å². The van der Waals surface area contributed by atoms with E-state index in [4.69, 9.17) is 0 Å². The first kappa shape index (κ1) is 15.5. The fraction of sp³-hybridized carbons (Fsp3) is 0.389. The van der Waals surface area contributed by atoms with Crippen molar-refractivity contribution in [1.82, 2.24) is 10.2 Å². The largest absolute Gasteiger partial charge is 0.355 e. The Kier molecular flexibility index (Phi) is 4.86. The van der Waals surface area contributed by atoms with Crippen LogP contribution in [0.5, 0.6) is 0 Å². The van der Waals surface area contributed by atoms with Crippen LogP contribution >= 0.6 is 0 Å². The van der Waals surface area contributed by atoms with Gasteiger partial charge in [0.2, 0.25) is 0 Å². The Hall–Kier alpha value is -2.43. The first-order valence-electron chi connectivity index (χ1n) is 8.25. The molecule has 0 spiro atoms. The molecule has 0 radical (unpaired) electrons. The van der Waals surface area contributed by atoms with Crippen molar-refractivity contribution in [3.63, 3.8) is 0 Å². The summed E-state index contributed by atoms with van der Waals surface area (Å²) in [7, 11) is 0. The van der Waals surface area contributed by atoms with Gasteiger partial charge in [-0.15, -0.1) is 10.2 Å². The summed E-state index contributed by atoms with van der Waals surface area (Å²) in [5.41, 5.74) is 2.35. The number of nitrogens with zero attached hydrogens (tertiary/aromatic N) is 3. The standard InChI is InChI=1S/C18H22N4O/c1-2-14-6-8-15(9-7-14)19-18(23)16-10-11-17(21-20-16)22-12-4-3-5-13-22/h6-11H,2-5,12-13H2,1H3,(H,19,23). The van der Waals surface area contributed by atoms with Crippen LogP contribution < -0.4 is 10.2 Å². The monoisotopic (exact) mass is 310 g/mol. The number of anilines is 2. The molecule has 1 aliphatic heterocycles. The van der Waals surface area contributed by atoms with Gasteiger partial charge in [-0.1, -0.05) is 19.1 Å². The van der Waals surface area contributed by atoms with Gasteiger partial charge in [0, 0.05) is 18.8 Å². The average Bonchev–Trinajstić information content (AvgIpc) is 2.63. The molecule has 0 atom stereocenters. The van der Waals surface area contributed by atoms with Crippen molar-refractivity contribution in [1.29, 1.82) is 0 Å². The molecule has 0 saturated carbocycles. The third-order valence-corrected chi connectivity index (χ3v) is 4.18. The highest BCUT2D eigenvalue weighted by Gasteiger charge is 2.14. The third kappa shape index (κ3) is 3.86. The van der Waals surface area contributed by atoms with Crippen LogP contribution in [0.2, 0.25) is 0 Å². The summed E-state index contributed by atoms with van der Waals surface area (Å²) < 4.78 is 0. The number of hydrogen-bond acceptors (Lipinski definition) is 4. The van der Waals surface area contributed by atoms with E-state index in [1.54, 1.807) is 6.07 Å². The fourth-order valence-corrected chi connectivity index (χ4v) is 2.76. The maximum atomic E-state index is 12.2. The Morgan fingerprint density at radius 1 is 1.04 bits per heavy atom. The van der Waals surface area contributed by atoms with Crippen molar-refractivity contribution in [2.24, 2.45) is 0 Å². The van der Waals surface area contributed by atoms with Gasteiger partial charge in [-0.3, -0.25) is 4.79 Å². The molecule has 23 heavy (non-hydrogen) atoms. The van der Waals surface area contributed by atoms with E-state index in [0.29, 0.717) is 5.69 Å². The zero-order valence-corrected chi connectivity index (χ0v) is 13.5. The molecule has 3 rings (SSSR count). The summed E-state index contributed by atoms with van der Waals surface area (Å²) in [6.07, 6.45) is 4.65. The number of carbonyl (C=O) groups is 1. The van der Waals surface area contributed by atoms with E-state index in [-0.39, 0.29) is 5.91 Å². The summed E-state index contributed by atoms with van der Waals surface area (Å²) in [5.74, 6) is 0.625. The van der Waals surface area contributed by atoms with Crippen molar-refractivity contribution in [2.45, 2.75) is 32.6 Å². The van der Waals surface area contributed by atoms with Crippen LogP contribution in [0.1, 0.15) is 42.2 Å². The Morgan fingerprint density at radius 2 is 1.78 bits per heavy atom. The van der Waals surface area contributed by atoms with Crippen molar-refractivity contribution in [3.05, 3.63) is 47.7 Å². The molecule has 1 amide bonds. The molecule has 0 bridgehead atoms. The highest BCUT2D eigenvalue weighted by molar-refractivity contribution is 6.02. The van der Waals surface area contributed by atoms with Crippen molar-refractivity contribution in [2.75, 3.05) is 23.3 Å². The molecule has 5 nitrogen and oxygen atoms in total. The maximum Gasteiger partial charge on any atom is 0.276 e. The van der Waals surface area contributed by atoms with E-state index in [1.807, 2.05) is 30.3 Å². The van der Waals surface area contributed by atoms with Gasteiger partial charge in [0.25, 0.3) is 5.91 Å². The van der Waals surface area contributed by atoms with E-state index in [2.05, 4.69) is 27.3 Å². The number of piperidine rings is 1. The molecule has 120 valence electrons. The predicted molar refractivity (Wildman–Crippen MR) is 91.9 cm³/mol. The van der Waals surface area contributed by atoms with E-state index >= 15 is 0 Å². The quantitative estimate of drug-likeness (QED) is 0.941. The van der Waals surface area contributed by atoms with Crippen LogP contribution in [0.25, 0.3) is 0 Å². The number of benzene rings is 1. The molecular formula is C18H22N4O. The van der Waals surface area contributed by atoms with Gasteiger partial charge in [-0.25, -0.2) is 0 Å². The Bertz CT molecular complexity index is 646. The van der Waals surface area contributed by atoms with Gasteiger partial charge in [0.1, 0.15) is 0 Å². The van der Waals surface area contributed by atoms with Crippen molar-refractivity contribution >= 4 is 17.4 Å². The highest BCUT2D eigenvalue weighted by atomic mass is 16.1. The number of amides is 1. The zero-order chi connectivity index (χ0) is 16.1. The summed E-state index contributed by atoms with van der Waals surface area (Å²) in [6.45, 7) is 4.14. The van der Waals surface area contributed by atoms with Gasteiger partial charge < -0.3 is 10.2 Å². The first-order chi connectivity index (χ1) is 11.3. The molecule has 1 N–H and O–H groups in total. The Labute approximate surface area is 136 Å². The molecule has 0 aliphatic carbocycles.